The summed E-state index contributed by atoms with van der Waals surface area (Å²) in [7, 11) is -5.04. The monoisotopic (exact) mass is 686 g/mol. The summed E-state index contributed by atoms with van der Waals surface area (Å²) in [6, 6.07) is 0. The summed E-state index contributed by atoms with van der Waals surface area (Å²) in [5.41, 5.74) is -0.809. The van der Waals surface area contributed by atoms with Gasteiger partial charge in [0, 0.05) is 0 Å². The van der Waals surface area contributed by atoms with Gasteiger partial charge in [0.15, 0.2) is 6.29 Å². The van der Waals surface area contributed by atoms with E-state index in [1.54, 1.807) is 0 Å². The van der Waals surface area contributed by atoms with E-state index in [1.807, 2.05) is 13.8 Å². The van der Waals surface area contributed by atoms with E-state index in [4.69, 9.17) is 13.7 Å². The molecule has 0 aromatic rings. The maximum absolute atomic E-state index is 12.0. The fourth-order valence-corrected chi connectivity index (χ4v) is 11.2. The molecule has 0 spiro atoms. The van der Waals surface area contributed by atoms with Gasteiger partial charge in [0.1, 0.15) is 18.3 Å². The topological polar surface area (TPSA) is 206 Å². The molecule has 0 aromatic carbocycles. The molecule has 262 valence electrons. The fourth-order valence-electron chi connectivity index (χ4n) is 10.7. The summed E-state index contributed by atoms with van der Waals surface area (Å²) in [6.45, 7) is 10.2. The minimum Gasteiger partial charge on any atom is -0.726 e. The van der Waals surface area contributed by atoms with Gasteiger partial charge in [-0.3, -0.25) is 4.18 Å². The number of rotatable bonds is 9. The van der Waals surface area contributed by atoms with Crippen molar-refractivity contribution >= 4 is 10.4 Å². The normalized spacial score (nSPS) is 48.9. The third kappa shape index (κ3) is 7.30. The Morgan fingerprint density at radius 2 is 1.52 bits per heavy atom. The first-order valence-electron chi connectivity index (χ1n) is 16.9. The molecule has 46 heavy (non-hydrogen) atoms. The largest absolute Gasteiger partial charge is 1.00 e. The number of hydrogen-bond acceptors (Lipinski definition) is 12. The van der Waals surface area contributed by atoms with Crippen LogP contribution in [-0.2, 0) is 24.1 Å². The summed E-state index contributed by atoms with van der Waals surface area (Å²) in [4.78, 5) is 0. The Balaban J connectivity index is 0.00000480. The van der Waals surface area contributed by atoms with E-state index in [-0.39, 0.29) is 77.3 Å². The molecular formula is C32H55NaO12S. The van der Waals surface area contributed by atoms with Gasteiger partial charge in [0.25, 0.3) is 0 Å². The molecular weight excluding hydrogens is 631 g/mol. The van der Waals surface area contributed by atoms with E-state index in [1.165, 1.54) is 0 Å². The molecule has 1 aliphatic heterocycles. The third-order valence-electron chi connectivity index (χ3n) is 13.1. The van der Waals surface area contributed by atoms with Crippen LogP contribution in [0.1, 0.15) is 86.0 Å². The Labute approximate surface area is 295 Å². The number of aliphatic hydroxyl groups excluding tert-OH is 6. The predicted molar refractivity (Wildman–Crippen MR) is 160 cm³/mol. The van der Waals surface area contributed by atoms with Gasteiger partial charge >= 0.3 is 29.6 Å². The van der Waals surface area contributed by atoms with E-state index < -0.39 is 76.7 Å². The van der Waals surface area contributed by atoms with Crippen molar-refractivity contribution < 1.29 is 86.8 Å². The van der Waals surface area contributed by atoms with Gasteiger partial charge in [-0.2, -0.15) is 0 Å². The molecule has 17 atom stereocenters. The zero-order valence-electron chi connectivity index (χ0n) is 28.1. The van der Waals surface area contributed by atoms with Crippen molar-refractivity contribution in [2.24, 2.45) is 52.3 Å². The minimum absolute atomic E-state index is 0. The maximum Gasteiger partial charge on any atom is 1.00 e. The molecule has 0 aromatic heterocycles. The first-order valence-corrected chi connectivity index (χ1v) is 18.2. The van der Waals surface area contributed by atoms with Crippen molar-refractivity contribution in [3.63, 3.8) is 0 Å². The smallest absolute Gasteiger partial charge is 0.726 e. The van der Waals surface area contributed by atoms with E-state index in [0.29, 0.717) is 38.5 Å². The number of fused-ring (bicyclic) bond motifs is 5. The quantitative estimate of drug-likeness (QED) is 0.0913. The van der Waals surface area contributed by atoms with Crippen molar-refractivity contribution in [2.75, 3.05) is 6.61 Å². The second kappa shape index (κ2) is 14.7. The molecule has 14 heteroatoms. The van der Waals surface area contributed by atoms with E-state index in [2.05, 4.69) is 20.8 Å². The van der Waals surface area contributed by atoms with Crippen LogP contribution in [-0.4, -0.2) is 105 Å². The molecule has 0 amide bonds. The van der Waals surface area contributed by atoms with Crippen molar-refractivity contribution in [3.05, 3.63) is 0 Å². The molecule has 4 aliphatic carbocycles. The minimum atomic E-state index is -5.04. The average Bonchev–Trinajstić information content (AvgIpc) is 3.24. The number of aliphatic hydroxyl groups is 6. The van der Waals surface area contributed by atoms with Gasteiger partial charge in [-0.05, 0) is 104 Å². The van der Waals surface area contributed by atoms with Crippen LogP contribution in [0.3, 0.4) is 0 Å². The van der Waals surface area contributed by atoms with Crippen LogP contribution in [0.15, 0.2) is 0 Å². The Kier molecular flexibility index (Phi) is 12.5. The average molecular weight is 687 g/mol. The summed E-state index contributed by atoms with van der Waals surface area (Å²) < 4.78 is 53.0. The second-order valence-corrected chi connectivity index (χ2v) is 16.9. The molecule has 5 aliphatic rings. The molecule has 6 N–H and O–H groups in total. The molecule has 5 fully saturated rings. The first kappa shape index (κ1) is 39.3. The number of hydrogen-bond donors (Lipinski definition) is 6. The van der Waals surface area contributed by atoms with Crippen LogP contribution in [0.25, 0.3) is 0 Å². The maximum atomic E-state index is 12.0. The van der Waals surface area contributed by atoms with Gasteiger partial charge in [0.2, 0.25) is 10.4 Å². The van der Waals surface area contributed by atoms with Crippen LogP contribution >= 0.6 is 0 Å². The first-order chi connectivity index (χ1) is 20.9. The van der Waals surface area contributed by atoms with Crippen molar-refractivity contribution in [2.45, 2.75) is 141 Å². The van der Waals surface area contributed by atoms with Crippen molar-refractivity contribution in [1.29, 1.82) is 0 Å². The Morgan fingerprint density at radius 1 is 0.870 bits per heavy atom. The van der Waals surface area contributed by atoms with Gasteiger partial charge in [-0.15, -0.1) is 0 Å². The Bertz CT molecular complexity index is 1140. The van der Waals surface area contributed by atoms with Crippen LogP contribution < -0.4 is 29.6 Å². The van der Waals surface area contributed by atoms with Crippen molar-refractivity contribution in [1.82, 2.24) is 0 Å². The van der Waals surface area contributed by atoms with Gasteiger partial charge in [0.05, 0.1) is 37.1 Å². The molecule has 5 unspecified atom stereocenters. The molecule has 0 bridgehead atoms. The van der Waals surface area contributed by atoms with E-state index >= 15 is 0 Å². The zero-order valence-corrected chi connectivity index (χ0v) is 31.0. The molecule has 12 nitrogen and oxygen atoms in total. The summed E-state index contributed by atoms with van der Waals surface area (Å²) in [5, 5.41) is 63.8. The van der Waals surface area contributed by atoms with Crippen LogP contribution in [0.5, 0.6) is 0 Å². The van der Waals surface area contributed by atoms with E-state index in [0.717, 1.165) is 12.8 Å². The third-order valence-corrected chi connectivity index (χ3v) is 13.6. The summed E-state index contributed by atoms with van der Waals surface area (Å²) in [6.07, 6.45) is -4.19. The van der Waals surface area contributed by atoms with Gasteiger partial charge < -0.3 is 44.7 Å². The number of ether oxygens (including phenoxy) is 2. The zero-order chi connectivity index (χ0) is 33.2. The fraction of sp³-hybridized carbons (Fsp3) is 1.00. The Hall–Kier alpha value is 0.550. The van der Waals surface area contributed by atoms with Crippen LogP contribution in [0, 0.1) is 52.3 Å². The van der Waals surface area contributed by atoms with E-state index in [9.17, 15) is 43.6 Å². The second-order valence-electron chi connectivity index (χ2n) is 15.9. The van der Waals surface area contributed by atoms with Gasteiger partial charge in [-0.25, -0.2) is 8.42 Å². The van der Waals surface area contributed by atoms with Crippen LogP contribution in [0.2, 0.25) is 0 Å². The Morgan fingerprint density at radius 3 is 2.15 bits per heavy atom. The molecule has 0 radical (unpaired) electrons. The van der Waals surface area contributed by atoms with Crippen molar-refractivity contribution in [3.8, 4) is 0 Å². The SMILES string of the molecule is CC(C)[C@H](CC[C@@H](C)[C@H]1C[C@H](OS(=O)(=O)[O-])[C@H]2[C@@H]3[C@H](O)[C@H](O)C4C[C@@H](O)CC[C@]4(C)[C@H]3CC[C@@]21C)OC1OCC(O)C(O)C1O.[Na+]. The van der Waals surface area contributed by atoms with Crippen LogP contribution in [0.4, 0.5) is 0 Å². The molecule has 1 saturated heterocycles. The molecule has 1 heterocycles. The van der Waals surface area contributed by atoms with Gasteiger partial charge in [-0.1, -0.05) is 34.6 Å². The molecule has 4 saturated carbocycles. The summed E-state index contributed by atoms with van der Waals surface area (Å²) >= 11 is 0. The predicted octanol–water partition coefficient (Wildman–Crippen LogP) is -1.70. The molecule has 5 rings (SSSR count). The summed E-state index contributed by atoms with van der Waals surface area (Å²) in [5.74, 6) is -1.16. The standard InChI is InChI=1S/C32H56O12S.Na/c1-15(2)22(43-30-29(38)27(36)21(34)14-42-30)7-6-16(3)19-13-23(44-45(39,40)41)25-24-18(9-11-32(19,25)5)31(4)10-8-17(33)12-20(31)26(35)28(24)37;/h15-30,33-38H,6-14H2,1-5H3,(H,39,40,41);/q;+1/p-1/t16-,17+,18+,19-,20?,21?,22+,23+,24-,25+,26-,27?,28+,29?,30?,31-,32-;/m1./s1.